The SMILES string of the molecule is CCOC(=O)CN1CCNC(Cl)C1=O. The Morgan fingerprint density at radius 2 is 2.50 bits per heavy atom. The zero-order valence-electron chi connectivity index (χ0n) is 7.96. The van der Waals surface area contributed by atoms with E-state index in [0.29, 0.717) is 19.7 Å². The second-order valence-corrected chi connectivity index (χ2v) is 3.32. The van der Waals surface area contributed by atoms with Crippen molar-refractivity contribution in [3.8, 4) is 0 Å². The van der Waals surface area contributed by atoms with E-state index >= 15 is 0 Å². The maximum Gasteiger partial charge on any atom is 0.325 e. The maximum atomic E-state index is 11.4. The van der Waals surface area contributed by atoms with Crippen molar-refractivity contribution in [1.29, 1.82) is 0 Å². The third kappa shape index (κ3) is 2.85. The highest BCUT2D eigenvalue weighted by Gasteiger charge is 2.27. The second kappa shape index (κ2) is 5.17. The number of carbonyl (C=O) groups excluding carboxylic acids is 2. The maximum absolute atomic E-state index is 11.4. The van der Waals surface area contributed by atoms with Crippen LogP contribution in [-0.4, -0.2) is 48.5 Å². The molecule has 1 fully saturated rings. The normalized spacial score (nSPS) is 22.3. The Bertz CT molecular complexity index is 235. The highest BCUT2D eigenvalue weighted by atomic mass is 35.5. The Hall–Kier alpha value is -0.810. The van der Waals surface area contributed by atoms with Gasteiger partial charge in [0.1, 0.15) is 6.54 Å². The van der Waals surface area contributed by atoms with Crippen molar-refractivity contribution in [3.05, 3.63) is 0 Å². The van der Waals surface area contributed by atoms with E-state index in [1.807, 2.05) is 0 Å². The highest BCUT2D eigenvalue weighted by molar-refractivity contribution is 6.30. The van der Waals surface area contributed by atoms with Crippen molar-refractivity contribution < 1.29 is 14.3 Å². The molecule has 1 N–H and O–H groups in total. The summed E-state index contributed by atoms with van der Waals surface area (Å²) in [6.07, 6.45) is 0. The number of hydrogen-bond acceptors (Lipinski definition) is 4. The van der Waals surface area contributed by atoms with Gasteiger partial charge in [-0.2, -0.15) is 0 Å². The van der Waals surface area contributed by atoms with Gasteiger partial charge < -0.3 is 9.64 Å². The van der Waals surface area contributed by atoms with E-state index in [2.05, 4.69) is 5.32 Å². The van der Waals surface area contributed by atoms with E-state index in [4.69, 9.17) is 16.3 Å². The second-order valence-electron chi connectivity index (χ2n) is 2.88. The average molecular weight is 221 g/mol. The van der Waals surface area contributed by atoms with Crippen LogP contribution in [0.5, 0.6) is 0 Å². The predicted octanol–water partition coefficient (Wildman–Crippen LogP) is -0.454. The molecule has 80 valence electrons. The van der Waals surface area contributed by atoms with Gasteiger partial charge in [0, 0.05) is 13.1 Å². The van der Waals surface area contributed by atoms with Crippen LogP contribution in [-0.2, 0) is 14.3 Å². The summed E-state index contributed by atoms with van der Waals surface area (Å²) in [7, 11) is 0. The lowest BCUT2D eigenvalue weighted by molar-refractivity contribution is -0.149. The summed E-state index contributed by atoms with van der Waals surface area (Å²) >= 11 is 5.67. The van der Waals surface area contributed by atoms with E-state index in [-0.39, 0.29) is 12.5 Å². The van der Waals surface area contributed by atoms with Gasteiger partial charge in [0.2, 0.25) is 0 Å². The van der Waals surface area contributed by atoms with Crippen molar-refractivity contribution in [2.24, 2.45) is 0 Å². The molecule has 1 amide bonds. The van der Waals surface area contributed by atoms with E-state index in [0.717, 1.165) is 0 Å². The Morgan fingerprint density at radius 3 is 3.14 bits per heavy atom. The first-order chi connectivity index (χ1) is 6.65. The molecule has 1 unspecified atom stereocenters. The number of alkyl halides is 1. The van der Waals surface area contributed by atoms with Crippen LogP contribution in [0.15, 0.2) is 0 Å². The Labute approximate surface area is 87.3 Å². The monoisotopic (exact) mass is 220 g/mol. The van der Waals surface area contributed by atoms with Gasteiger partial charge in [0.25, 0.3) is 5.91 Å². The third-order valence-corrected chi connectivity index (χ3v) is 2.20. The molecule has 0 radical (unpaired) electrons. The minimum Gasteiger partial charge on any atom is -0.465 e. The van der Waals surface area contributed by atoms with Gasteiger partial charge in [0.05, 0.1) is 6.61 Å². The molecule has 1 rings (SSSR count). The third-order valence-electron chi connectivity index (χ3n) is 1.86. The van der Waals surface area contributed by atoms with Crippen molar-refractivity contribution in [1.82, 2.24) is 10.2 Å². The van der Waals surface area contributed by atoms with Crippen LogP contribution in [0, 0.1) is 0 Å². The van der Waals surface area contributed by atoms with Crippen LogP contribution in [0.25, 0.3) is 0 Å². The number of nitrogens with zero attached hydrogens (tertiary/aromatic N) is 1. The fraction of sp³-hybridized carbons (Fsp3) is 0.750. The molecule has 0 aromatic heterocycles. The fourth-order valence-corrected chi connectivity index (χ4v) is 1.45. The number of esters is 1. The first-order valence-electron chi connectivity index (χ1n) is 4.47. The molecule has 1 aliphatic heterocycles. The summed E-state index contributed by atoms with van der Waals surface area (Å²) in [6.45, 7) is 3.11. The van der Waals surface area contributed by atoms with Crippen LogP contribution in [0.2, 0.25) is 0 Å². The van der Waals surface area contributed by atoms with Crippen LogP contribution < -0.4 is 5.32 Å². The lowest BCUT2D eigenvalue weighted by atomic mass is 10.3. The molecule has 0 spiro atoms. The average Bonchev–Trinajstić information content (AvgIpc) is 2.13. The van der Waals surface area contributed by atoms with E-state index in [1.54, 1.807) is 6.92 Å². The summed E-state index contributed by atoms with van der Waals surface area (Å²) in [5.41, 5.74) is -0.724. The van der Waals surface area contributed by atoms with Crippen LogP contribution in [0.3, 0.4) is 0 Å². The number of rotatable bonds is 3. The lowest BCUT2D eigenvalue weighted by Gasteiger charge is -2.29. The first-order valence-corrected chi connectivity index (χ1v) is 4.90. The number of amides is 1. The summed E-state index contributed by atoms with van der Waals surface area (Å²) in [5, 5.41) is 2.79. The van der Waals surface area contributed by atoms with Gasteiger partial charge in [-0.25, -0.2) is 0 Å². The molecule has 1 heterocycles. The van der Waals surface area contributed by atoms with Gasteiger partial charge >= 0.3 is 5.97 Å². The molecular formula is C8H13ClN2O3. The summed E-state index contributed by atoms with van der Waals surface area (Å²) in [4.78, 5) is 23.9. The molecule has 1 atom stereocenters. The molecule has 5 nitrogen and oxygen atoms in total. The smallest absolute Gasteiger partial charge is 0.325 e. The van der Waals surface area contributed by atoms with E-state index in [1.165, 1.54) is 4.90 Å². The zero-order chi connectivity index (χ0) is 10.6. The molecule has 0 saturated carbocycles. The minimum atomic E-state index is -0.724. The molecule has 14 heavy (non-hydrogen) atoms. The van der Waals surface area contributed by atoms with Crippen LogP contribution in [0.4, 0.5) is 0 Å². The Balaban J connectivity index is 2.43. The Kier molecular flexibility index (Phi) is 4.16. The van der Waals surface area contributed by atoms with Gasteiger partial charge in [0.15, 0.2) is 5.50 Å². The fourth-order valence-electron chi connectivity index (χ4n) is 1.20. The van der Waals surface area contributed by atoms with Crippen LogP contribution >= 0.6 is 11.6 Å². The summed E-state index contributed by atoms with van der Waals surface area (Å²) < 4.78 is 4.73. The minimum absolute atomic E-state index is 0.0163. The number of halogens is 1. The first kappa shape index (κ1) is 11.3. The number of nitrogens with one attached hydrogen (secondary N) is 1. The number of ether oxygens (including phenoxy) is 1. The van der Waals surface area contributed by atoms with Crippen molar-refractivity contribution >= 4 is 23.5 Å². The number of piperazine rings is 1. The predicted molar refractivity (Wildman–Crippen MR) is 50.9 cm³/mol. The molecule has 6 heteroatoms. The molecule has 0 aromatic carbocycles. The molecule has 0 aliphatic carbocycles. The highest BCUT2D eigenvalue weighted by Crippen LogP contribution is 2.04. The van der Waals surface area contributed by atoms with E-state index < -0.39 is 11.5 Å². The summed E-state index contributed by atoms with van der Waals surface area (Å²) in [6, 6.07) is 0. The standard InChI is InChI=1S/C8H13ClN2O3/c1-2-14-6(12)5-11-4-3-10-7(9)8(11)13/h7,10H,2-5H2,1H3. The molecule has 0 aromatic rings. The molecule has 1 saturated heterocycles. The van der Waals surface area contributed by atoms with Gasteiger partial charge in [-0.15, -0.1) is 0 Å². The topological polar surface area (TPSA) is 58.6 Å². The zero-order valence-corrected chi connectivity index (χ0v) is 8.71. The molecular weight excluding hydrogens is 208 g/mol. The van der Waals surface area contributed by atoms with Gasteiger partial charge in [-0.1, -0.05) is 11.6 Å². The number of carbonyl (C=O) groups is 2. The van der Waals surface area contributed by atoms with Crippen molar-refractivity contribution in [2.45, 2.75) is 12.4 Å². The Morgan fingerprint density at radius 1 is 1.79 bits per heavy atom. The number of hydrogen-bond donors (Lipinski definition) is 1. The van der Waals surface area contributed by atoms with Crippen molar-refractivity contribution in [3.63, 3.8) is 0 Å². The largest absolute Gasteiger partial charge is 0.465 e. The molecule has 1 aliphatic rings. The lowest BCUT2D eigenvalue weighted by Crippen LogP contribution is -2.54. The quantitative estimate of drug-likeness (QED) is 0.398. The van der Waals surface area contributed by atoms with Gasteiger partial charge in [-0.05, 0) is 6.92 Å². The molecule has 0 bridgehead atoms. The van der Waals surface area contributed by atoms with E-state index in [9.17, 15) is 9.59 Å². The van der Waals surface area contributed by atoms with Crippen molar-refractivity contribution in [2.75, 3.05) is 26.2 Å². The summed E-state index contributed by atoms with van der Waals surface area (Å²) in [5.74, 6) is -0.669. The van der Waals surface area contributed by atoms with Gasteiger partial charge in [-0.3, -0.25) is 14.9 Å². The van der Waals surface area contributed by atoms with Crippen LogP contribution in [0.1, 0.15) is 6.92 Å².